The van der Waals surface area contributed by atoms with Gasteiger partial charge in [0.05, 0.1) is 16.1 Å². The molecular weight excluding hydrogens is 252 g/mol. The van der Waals surface area contributed by atoms with Crippen molar-refractivity contribution in [2.45, 2.75) is 0 Å². The second-order valence-corrected chi connectivity index (χ2v) is 4.47. The van der Waals surface area contributed by atoms with Gasteiger partial charge in [-0.1, -0.05) is 6.07 Å². The number of anilines is 1. The van der Waals surface area contributed by atoms with Crippen LogP contribution in [-0.2, 0) is 0 Å². The number of amides is 3. The van der Waals surface area contributed by atoms with Crippen LogP contribution in [0.5, 0.6) is 0 Å². The highest BCUT2D eigenvalue weighted by atomic mass is 32.1. The summed E-state index contributed by atoms with van der Waals surface area (Å²) >= 11 is 1.19. The Labute approximate surface area is 107 Å². The number of aromatic nitrogens is 1. The van der Waals surface area contributed by atoms with Crippen molar-refractivity contribution in [2.75, 3.05) is 5.32 Å². The summed E-state index contributed by atoms with van der Waals surface area (Å²) in [6.45, 7) is 0. The first-order valence-electron chi connectivity index (χ1n) is 4.99. The molecule has 0 atom stereocenters. The van der Waals surface area contributed by atoms with Gasteiger partial charge < -0.3 is 11.5 Å². The number of nitrogens with one attached hydrogen (secondary N) is 1. The fourth-order valence-corrected chi connectivity index (χ4v) is 2.46. The van der Waals surface area contributed by atoms with Crippen molar-refractivity contribution in [1.82, 2.24) is 4.98 Å². The zero-order valence-electron chi connectivity index (χ0n) is 9.21. The van der Waals surface area contributed by atoms with Gasteiger partial charge in [0.25, 0.3) is 5.91 Å². The van der Waals surface area contributed by atoms with Crippen molar-refractivity contribution in [3.8, 4) is 10.6 Å². The highest BCUT2D eigenvalue weighted by Gasteiger charge is 2.16. The summed E-state index contributed by atoms with van der Waals surface area (Å²) in [5, 5.41) is 2.70. The molecule has 5 N–H and O–H groups in total. The number of thiophene rings is 1. The standard InChI is InChI=1S/C11H10N4O2S/c12-9(16)6-5-8(7-3-1-2-4-14-7)18-10(6)15-11(13)17/h1-5H,(H2,12,16)(H3,13,15,17). The van der Waals surface area contributed by atoms with Crippen LogP contribution < -0.4 is 16.8 Å². The highest BCUT2D eigenvalue weighted by molar-refractivity contribution is 7.20. The van der Waals surface area contributed by atoms with Gasteiger partial charge in [0.2, 0.25) is 0 Å². The molecule has 92 valence electrons. The van der Waals surface area contributed by atoms with Gasteiger partial charge in [-0.2, -0.15) is 0 Å². The molecule has 2 aromatic heterocycles. The van der Waals surface area contributed by atoms with Crippen LogP contribution in [0.1, 0.15) is 10.4 Å². The first-order valence-corrected chi connectivity index (χ1v) is 5.81. The van der Waals surface area contributed by atoms with Gasteiger partial charge in [0.15, 0.2) is 0 Å². The molecule has 0 saturated heterocycles. The van der Waals surface area contributed by atoms with E-state index >= 15 is 0 Å². The number of hydrogen-bond donors (Lipinski definition) is 3. The third-order valence-corrected chi connectivity index (χ3v) is 3.22. The van der Waals surface area contributed by atoms with Crippen LogP contribution >= 0.6 is 11.3 Å². The van der Waals surface area contributed by atoms with Crippen LogP contribution in [0.15, 0.2) is 30.5 Å². The number of nitrogens with zero attached hydrogens (tertiary/aromatic N) is 1. The Bertz CT molecular complexity index is 594. The number of urea groups is 1. The minimum atomic E-state index is -0.744. The minimum absolute atomic E-state index is 0.222. The van der Waals surface area contributed by atoms with E-state index < -0.39 is 11.9 Å². The maximum absolute atomic E-state index is 11.3. The number of carbonyl (C=O) groups excluding carboxylic acids is 2. The SMILES string of the molecule is NC(=O)Nc1sc(-c2ccccn2)cc1C(N)=O. The van der Waals surface area contributed by atoms with Gasteiger partial charge in [-0.15, -0.1) is 11.3 Å². The van der Waals surface area contributed by atoms with E-state index in [2.05, 4.69) is 10.3 Å². The molecule has 0 radical (unpaired) electrons. The Kier molecular flexibility index (Phi) is 3.24. The van der Waals surface area contributed by atoms with E-state index in [0.29, 0.717) is 10.7 Å². The minimum Gasteiger partial charge on any atom is -0.366 e. The van der Waals surface area contributed by atoms with Crippen LogP contribution in [0.4, 0.5) is 9.80 Å². The summed E-state index contributed by atoms with van der Waals surface area (Å²) in [7, 11) is 0. The number of pyridine rings is 1. The summed E-state index contributed by atoms with van der Waals surface area (Å²) in [5.41, 5.74) is 11.2. The van der Waals surface area contributed by atoms with Gasteiger partial charge in [-0.05, 0) is 18.2 Å². The third kappa shape index (κ3) is 2.46. The Morgan fingerprint density at radius 1 is 1.28 bits per heavy atom. The third-order valence-electron chi connectivity index (χ3n) is 2.15. The van der Waals surface area contributed by atoms with E-state index in [9.17, 15) is 9.59 Å². The highest BCUT2D eigenvalue weighted by Crippen LogP contribution is 2.34. The van der Waals surface area contributed by atoms with E-state index in [1.807, 2.05) is 6.07 Å². The number of hydrogen-bond acceptors (Lipinski definition) is 4. The first-order chi connectivity index (χ1) is 8.58. The monoisotopic (exact) mass is 262 g/mol. The Balaban J connectivity index is 2.45. The summed E-state index contributed by atoms with van der Waals surface area (Å²) in [5.74, 6) is -0.628. The van der Waals surface area contributed by atoms with E-state index in [0.717, 1.165) is 4.88 Å². The van der Waals surface area contributed by atoms with Gasteiger partial charge in [0.1, 0.15) is 5.00 Å². The van der Waals surface area contributed by atoms with Crippen molar-refractivity contribution in [3.63, 3.8) is 0 Å². The molecule has 0 aliphatic rings. The zero-order chi connectivity index (χ0) is 13.1. The van der Waals surface area contributed by atoms with E-state index in [1.54, 1.807) is 24.4 Å². The molecule has 2 heterocycles. The molecule has 0 bridgehead atoms. The molecule has 2 rings (SSSR count). The quantitative estimate of drug-likeness (QED) is 0.777. The lowest BCUT2D eigenvalue weighted by atomic mass is 10.2. The summed E-state index contributed by atoms with van der Waals surface area (Å²) in [4.78, 5) is 27.0. The molecule has 0 aromatic carbocycles. The van der Waals surface area contributed by atoms with Crippen molar-refractivity contribution >= 4 is 28.3 Å². The predicted molar refractivity (Wildman–Crippen MR) is 69.3 cm³/mol. The maximum Gasteiger partial charge on any atom is 0.317 e. The van der Waals surface area contributed by atoms with Gasteiger partial charge in [-0.3, -0.25) is 15.1 Å². The lowest BCUT2D eigenvalue weighted by Gasteiger charge is -1.98. The number of rotatable bonds is 3. The fourth-order valence-electron chi connectivity index (χ4n) is 1.41. The molecule has 0 unspecified atom stereocenters. The lowest BCUT2D eigenvalue weighted by Crippen LogP contribution is -2.21. The van der Waals surface area contributed by atoms with Crippen LogP contribution in [-0.4, -0.2) is 16.9 Å². The van der Waals surface area contributed by atoms with E-state index in [1.165, 1.54) is 11.3 Å². The molecule has 18 heavy (non-hydrogen) atoms. The van der Waals surface area contributed by atoms with Crippen molar-refractivity contribution < 1.29 is 9.59 Å². The topological polar surface area (TPSA) is 111 Å². The first kappa shape index (κ1) is 12.1. The molecule has 0 spiro atoms. The van der Waals surface area contributed by atoms with Crippen LogP contribution in [0, 0.1) is 0 Å². The van der Waals surface area contributed by atoms with Crippen molar-refractivity contribution in [3.05, 3.63) is 36.0 Å². The molecule has 0 saturated carbocycles. The second kappa shape index (κ2) is 4.84. The molecular formula is C11H10N4O2S. The van der Waals surface area contributed by atoms with Crippen LogP contribution in [0.2, 0.25) is 0 Å². The molecule has 7 heteroatoms. The smallest absolute Gasteiger partial charge is 0.317 e. The van der Waals surface area contributed by atoms with Gasteiger partial charge in [0, 0.05) is 6.20 Å². The number of carbonyl (C=O) groups is 2. The average molecular weight is 262 g/mol. The molecule has 0 aliphatic heterocycles. The Hall–Kier alpha value is -2.41. The average Bonchev–Trinajstić information content (AvgIpc) is 2.73. The summed E-state index contributed by atoms with van der Waals surface area (Å²) in [6, 6.07) is 6.25. The largest absolute Gasteiger partial charge is 0.366 e. The van der Waals surface area contributed by atoms with Gasteiger partial charge in [-0.25, -0.2) is 4.79 Å². The molecule has 6 nitrogen and oxygen atoms in total. The number of nitrogens with two attached hydrogens (primary N) is 2. The zero-order valence-corrected chi connectivity index (χ0v) is 10.0. The van der Waals surface area contributed by atoms with Gasteiger partial charge >= 0.3 is 6.03 Å². The molecule has 0 aliphatic carbocycles. The summed E-state index contributed by atoms with van der Waals surface area (Å²) < 4.78 is 0. The van der Waals surface area contributed by atoms with E-state index in [4.69, 9.17) is 11.5 Å². The Morgan fingerprint density at radius 2 is 2.06 bits per heavy atom. The molecule has 0 fully saturated rings. The predicted octanol–water partition coefficient (Wildman–Crippen LogP) is 1.40. The molecule has 2 aromatic rings. The normalized spacial score (nSPS) is 10.0. The fraction of sp³-hybridized carbons (Fsp3) is 0. The van der Waals surface area contributed by atoms with Crippen LogP contribution in [0.25, 0.3) is 10.6 Å². The summed E-state index contributed by atoms with van der Waals surface area (Å²) in [6.07, 6.45) is 1.64. The lowest BCUT2D eigenvalue weighted by molar-refractivity contribution is 0.100. The van der Waals surface area contributed by atoms with Crippen LogP contribution in [0.3, 0.4) is 0 Å². The maximum atomic E-state index is 11.3. The van der Waals surface area contributed by atoms with Crippen molar-refractivity contribution in [2.24, 2.45) is 11.5 Å². The van der Waals surface area contributed by atoms with E-state index in [-0.39, 0.29) is 5.56 Å². The second-order valence-electron chi connectivity index (χ2n) is 3.42. The van der Waals surface area contributed by atoms with Crippen molar-refractivity contribution in [1.29, 1.82) is 0 Å². The molecule has 3 amide bonds. The Morgan fingerprint density at radius 3 is 2.61 bits per heavy atom. The number of primary amides is 2.